The Hall–Kier alpha value is -3.08. The average molecular weight is 322 g/mol. The molecule has 0 fully saturated rings. The molecule has 1 aromatic heterocycles. The second kappa shape index (κ2) is 7.00. The molecular formula is C19H18N2O3. The molecule has 1 amide bonds. The highest BCUT2D eigenvalue weighted by Crippen LogP contribution is 2.29. The van der Waals surface area contributed by atoms with Crippen LogP contribution in [0.25, 0.3) is 11.1 Å². The van der Waals surface area contributed by atoms with Crippen LogP contribution in [-0.4, -0.2) is 10.9 Å². The standard InChI is InChI=1S/C19H18N2O3/c1-3-17(22)20-11-15-9-10-16(18-19(15)24-13(2)21-18)23-12-14-7-5-4-6-8-14/h3-10H,1,11-12H2,2H3,(H,20,22). The van der Waals surface area contributed by atoms with Gasteiger partial charge in [-0.2, -0.15) is 0 Å². The average Bonchev–Trinajstić information content (AvgIpc) is 3.00. The number of aryl methyl sites for hydroxylation is 1. The fourth-order valence-electron chi connectivity index (χ4n) is 2.39. The van der Waals surface area contributed by atoms with Gasteiger partial charge in [-0.3, -0.25) is 4.79 Å². The first-order valence-corrected chi connectivity index (χ1v) is 7.63. The normalized spacial score (nSPS) is 10.5. The van der Waals surface area contributed by atoms with Gasteiger partial charge in [0, 0.05) is 19.0 Å². The predicted octanol–water partition coefficient (Wildman–Crippen LogP) is 3.52. The van der Waals surface area contributed by atoms with Gasteiger partial charge in [-0.25, -0.2) is 4.98 Å². The number of hydrogen-bond acceptors (Lipinski definition) is 4. The van der Waals surface area contributed by atoms with Crippen LogP contribution in [-0.2, 0) is 17.9 Å². The van der Waals surface area contributed by atoms with Crippen LogP contribution < -0.4 is 10.1 Å². The van der Waals surface area contributed by atoms with E-state index in [1.807, 2.05) is 42.5 Å². The molecule has 0 atom stereocenters. The summed E-state index contributed by atoms with van der Waals surface area (Å²) in [5.41, 5.74) is 3.21. The number of rotatable bonds is 6. The van der Waals surface area contributed by atoms with E-state index < -0.39 is 0 Å². The van der Waals surface area contributed by atoms with Crippen LogP contribution in [0.1, 0.15) is 17.0 Å². The number of ether oxygens (including phenoxy) is 1. The molecule has 2 aromatic carbocycles. The topological polar surface area (TPSA) is 64.4 Å². The van der Waals surface area contributed by atoms with Crippen LogP contribution in [0.15, 0.2) is 59.5 Å². The third kappa shape index (κ3) is 3.46. The molecule has 5 heteroatoms. The molecule has 0 saturated heterocycles. The summed E-state index contributed by atoms with van der Waals surface area (Å²) in [6.45, 7) is 6.02. The maximum Gasteiger partial charge on any atom is 0.243 e. The zero-order chi connectivity index (χ0) is 16.9. The molecule has 1 heterocycles. The van der Waals surface area contributed by atoms with E-state index in [0.29, 0.717) is 35.9 Å². The first-order valence-electron chi connectivity index (χ1n) is 7.63. The summed E-state index contributed by atoms with van der Waals surface area (Å²) in [5, 5.41) is 2.74. The van der Waals surface area contributed by atoms with Gasteiger partial charge < -0.3 is 14.5 Å². The Balaban J connectivity index is 1.84. The Kier molecular flexibility index (Phi) is 4.61. The van der Waals surface area contributed by atoms with Crippen molar-refractivity contribution in [2.75, 3.05) is 0 Å². The number of nitrogens with one attached hydrogen (secondary N) is 1. The summed E-state index contributed by atoms with van der Waals surface area (Å²) in [6, 6.07) is 13.6. The van der Waals surface area contributed by atoms with Crippen molar-refractivity contribution in [3.05, 3.63) is 72.1 Å². The van der Waals surface area contributed by atoms with Crippen LogP contribution in [0, 0.1) is 6.92 Å². The van der Waals surface area contributed by atoms with E-state index in [-0.39, 0.29) is 5.91 Å². The Morgan fingerprint density at radius 1 is 1.29 bits per heavy atom. The molecule has 122 valence electrons. The van der Waals surface area contributed by atoms with Crippen LogP contribution in [0.3, 0.4) is 0 Å². The van der Waals surface area contributed by atoms with Crippen LogP contribution in [0.2, 0.25) is 0 Å². The molecule has 0 unspecified atom stereocenters. The molecule has 1 N–H and O–H groups in total. The van der Waals surface area contributed by atoms with Gasteiger partial charge in [-0.05, 0) is 23.8 Å². The number of nitrogens with zero attached hydrogens (tertiary/aromatic N) is 1. The SMILES string of the molecule is C=CC(=O)NCc1ccc(OCc2ccccc2)c2nc(C)oc12. The summed E-state index contributed by atoms with van der Waals surface area (Å²) in [5.74, 6) is 0.977. The third-order valence-electron chi connectivity index (χ3n) is 3.57. The summed E-state index contributed by atoms with van der Waals surface area (Å²) < 4.78 is 11.6. The highest BCUT2D eigenvalue weighted by atomic mass is 16.5. The molecule has 0 aliphatic carbocycles. The maximum atomic E-state index is 11.4. The number of benzene rings is 2. The molecule has 0 spiro atoms. The van der Waals surface area contributed by atoms with Crippen molar-refractivity contribution in [3.8, 4) is 5.75 Å². The lowest BCUT2D eigenvalue weighted by atomic mass is 10.1. The number of hydrogen-bond donors (Lipinski definition) is 1. The molecule has 0 bridgehead atoms. The number of carbonyl (C=O) groups is 1. The number of fused-ring (bicyclic) bond motifs is 1. The van der Waals surface area contributed by atoms with Gasteiger partial charge in [0.25, 0.3) is 0 Å². The molecule has 3 rings (SSSR count). The lowest BCUT2D eigenvalue weighted by Crippen LogP contribution is -2.20. The number of amides is 1. The molecule has 0 saturated carbocycles. The van der Waals surface area contributed by atoms with E-state index in [2.05, 4.69) is 16.9 Å². The summed E-state index contributed by atoms with van der Waals surface area (Å²) in [7, 11) is 0. The minimum atomic E-state index is -0.233. The largest absolute Gasteiger partial charge is 0.486 e. The fraction of sp³-hybridized carbons (Fsp3) is 0.158. The van der Waals surface area contributed by atoms with Crippen molar-refractivity contribution < 1.29 is 13.9 Å². The smallest absolute Gasteiger partial charge is 0.243 e. The van der Waals surface area contributed by atoms with E-state index in [9.17, 15) is 4.79 Å². The minimum absolute atomic E-state index is 0.233. The maximum absolute atomic E-state index is 11.4. The molecule has 0 aliphatic rings. The fourth-order valence-corrected chi connectivity index (χ4v) is 2.39. The summed E-state index contributed by atoms with van der Waals surface area (Å²) >= 11 is 0. The first kappa shape index (κ1) is 15.8. The van der Waals surface area contributed by atoms with Crippen LogP contribution in [0.4, 0.5) is 0 Å². The van der Waals surface area contributed by atoms with Crippen molar-refractivity contribution in [2.24, 2.45) is 0 Å². The van der Waals surface area contributed by atoms with Crippen molar-refractivity contribution in [1.82, 2.24) is 10.3 Å². The second-order valence-electron chi connectivity index (χ2n) is 5.33. The Morgan fingerprint density at radius 3 is 2.83 bits per heavy atom. The van der Waals surface area contributed by atoms with Crippen LogP contribution >= 0.6 is 0 Å². The minimum Gasteiger partial charge on any atom is -0.486 e. The van der Waals surface area contributed by atoms with E-state index in [0.717, 1.165) is 11.1 Å². The van der Waals surface area contributed by atoms with Crippen molar-refractivity contribution in [1.29, 1.82) is 0 Å². The van der Waals surface area contributed by atoms with Crippen molar-refractivity contribution in [3.63, 3.8) is 0 Å². The van der Waals surface area contributed by atoms with Gasteiger partial charge in [0.05, 0.1) is 0 Å². The van der Waals surface area contributed by atoms with E-state index in [1.165, 1.54) is 6.08 Å². The second-order valence-corrected chi connectivity index (χ2v) is 5.33. The molecule has 24 heavy (non-hydrogen) atoms. The van der Waals surface area contributed by atoms with Crippen molar-refractivity contribution in [2.45, 2.75) is 20.1 Å². The zero-order valence-corrected chi connectivity index (χ0v) is 13.4. The number of aromatic nitrogens is 1. The summed E-state index contributed by atoms with van der Waals surface area (Å²) in [4.78, 5) is 15.8. The molecule has 3 aromatic rings. The highest BCUT2D eigenvalue weighted by Gasteiger charge is 2.14. The van der Waals surface area contributed by atoms with Gasteiger partial charge >= 0.3 is 0 Å². The predicted molar refractivity (Wildman–Crippen MR) is 91.6 cm³/mol. The molecular weight excluding hydrogens is 304 g/mol. The van der Waals surface area contributed by atoms with Gasteiger partial charge in [0.15, 0.2) is 17.0 Å². The lowest BCUT2D eigenvalue weighted by Gasteiger charge is -2.09. The van der Waals surface area contributed by atoms with E-state index in [1.54, 1.807) is 6.92 Å². The van der Waals surface area contributed by atoms with E-state index in [4.69, 9.17) is 9.15 Å². The molecule has 0 aliphatic heterocycles. The van der Waals surface area contributed by atoms with Gasteiger partial charge in [0.1, 0.15) is 12.4 Å². The van der Waals surface area contributed by atoms with E-state index >= 15 is 0 Å². The monoisotopic (exact) mass is 322 g/mol. The number of oxazole rings is 1. The van der Waals surface area contributed by atoms with Gasteiger partial charge in [-0.1, -0.05) is 36.9 Å². The quantitative estimate of drug-likeness (QED) is 0.705. The van der Waals surface area contributed by atoms with Crippen LogP contribution in [0.5, 0.6) is 5.75 Å². The lowest BCUT2D eigenvalue weighted by molar-refractivity contribution is -0.116. The summed E-state index contributed by atoms with van der Waals surface area (Å²) in [6.07, 6.45) is 1.24. The number of carbonyl (C=O) groups excluding carboxylic acids is 1. The van der Waals surface area contributed by atoms with Gasteiger partial charge in [0.2, 0.25) is 5.91 Å². The highest BCUT2D eigenvalue weighted by molar-refractivity contribution is 5.88. The first-order chi connectivity index (χ1) is 11.7. The zero-order valence-electron chi connectivity index (χ0n) is 13.4. The Bertz CT molecular complexity index is 869. The van der Waals surface area contributed by atoms with Crippen molar-refractivity contribution >= 4 is 17.0 Å². The molecule has 5 nitrogen and oxygen atoms in total. The molecule has 0 radical (unpaired) electrons. The Labute approximate surface area is 140 Å². The van der Waals surface area contributed by atoms with Gasteiger partial charge in [-0.15, -0.1) is 0 Å². The third-order valence-corrected chi connectivity index (χ3v) is 3.57. The Morgan fingerprint density at radius 2 is 2.08 bits per heavy atom.